The van der Waals surface area contributed by atoms with Crippen molar-refractivity contribution in [1.29, 1.82) is 0 Å². The van der Waals surface area contributed by atoms with E-state index < -0.39 is 5.97 Å². The summed E-state index contributed by atoms with van der Waals surface area (Å²) >= 11 is 0. The SMILES string of the molecule is CCN1C(=O)/C(=C\c2ccccc2OCc2ccccc2)C(C(=O)OC)=C1C. The summed E-state index contributed by atoms with van der Waals surface area (Å²) < 4.78 is 10.9. The fraction of sp³-hybridized carbons (Fsp3) is 0.217. The van der Waals surface area contributed by atoms with Crippen LogP contribution in [0.4, 0.5) is 0 Å². The lowest BCUT2D eigenvalue weighted by Crippen LogP contribution is -2.24. The van der Waals surface area contributed by atoms with Crippen LogP contribution in [-0.2, 0) is 20.9 Å². The van der Waals surface area contributed by atoms with Crippen molar-refractivity contribution in [3.05, 3.63) is 82.6 Å². The molecule has 1 aliphatic heterocycles. The molecule has 0 atom stereocenters. The lowest BCUT2D eigenvalue weighted by atomic mass is 10.0. The maximum Gasteiger partial charge on any atom is 0.340 e. The van der Waals surface area contributed by atoms with Crippen molar-refractivity contribution in [2.75, 3.05) is 13.7 Å². The van der Waals surface area contributed by atoms with Crippen LogP contribution < -0.4 is 4.74 Å². The van der Waals surface area contributed by atoms with Crippen LogP contribution >= 0.6 is 0 Å². The van der Waals surface area contributed by atoms with Gasteiger partial charge in [0.2, 0.25) is 0 Å². The number of ether oxygens (including phenoxy) is 2. The lowest BCUT2D eigenvalue weighted by Gasteiger charge is -2.14. The van der Waals surface area contributed by atoms with E-state index in [1.54, 1.807) is 17.9 Å². The van der Waals surface area contributed by atoms with Gasteiger partial charge in [0.25, 0.3) is 5.91 Å². The Morgan fingerprint density at radius 3 is 2.43 bits per heavy atom. The third-order valence-corrected chi connectivity index (χ3v) is 4.67. The van der Waals surface area contributed by atoms with Gasteiger partial charge in [0.05, 0.1) is 18.3 Å². The summed E-state index contributed by atoms with van der Waals surface area (Å²) in [6, 6.07) is 17.3. The van der Waals surface area contributed by atoms with E-state index in [0.29, 0.717) is 35.7 Å². The van der Waals surface area contributed by atoms with Gasteiger partial charge < -0.3 is 14.4 Å². The molecule has 2 aromatic carbocycles. The highest BCUT2D eigenvalue weighted by atomic mass is 16.5. The van der Waals surface area contributed by atoms with Crippen molar-refractivity contribution < 1.29 is 19.1 Å². The second kappa shape index (κ2) is 8.57. The van der Waals surface area contributed by atoms with Crippen molar-refractivity contribution >= 4 is 18.0 Å². The highest BCUT2D eigenvalue weighted by Crippen LogP contribution is 2.33. The number of hydrogen-bond acceptors (Lipinski definition) is 4. The summed E-state index contributed by atoms with van der Waals surface area (Å²) in [5, 5.41) is 0. The molecule has 3 rings (SSSR count). The molecule has 28 heavy (non-hydrogen) atoms. The Kier molecular flexibility index (Phi) is 5.94. The van der Waals surface area contributed by atoms with Crippen LogP contribution in [0.5, 0.6) is 5.75 Å². The van der Waals surface area contributed by atoms with Crippen molar-refractivity contribution in [1.82, 2.24) is 4.90 Å². The molecule has 0 aromatic heterocycles. The Hall–Kier alpha value is -3.34. The Morgan fingerprint density at radius 1 is 1.07 bits per heavy atom. The number of carbonyl (C=O) groups excluding carboxylic acids is 2. The molecule has 0 aliphatic carbocycles. The van der Waals surface area contributed by atoms with E-state index in [1.807, 2.05) is 61.5 Å². The number of amides is 1. The number of carbonyl (C=O) groups is 2. The average Bonchev–Trinajstić information content (AvgIpc) is 2.96. The predicted molar refractivity (Wildman–Crippen MR) is 107 cm³/mol. The number of nitrogens with zero attached hydrogens (tertiary/aromatic N) is 1. The maximum absolute atomic E-state index is 12.8. The van der Waals surface area contributed by atoms with Gasteiger partial charge in [-0.1, -0.05) is 48.5 Å². The predicted octanol–water partition coefficient (Wildman–Crippen LogP) is 3.96. The molecule has 5 nitrogen and oxygen atoms in total. The molecule has 0 spiro atoms. The second-order valence-corrected chi connectivity index (χ2v) is 6.37. The zero-order valence-corrected chi connectivity index (χ0v) is 16.3. The minimum atomic E-state index is -0.518. The number of methoxy groups -OCH3 is 1. The van der Waals surface area contributed by atoms with Crippen molar-refractivity contribution in [2.45, 2.75) is 20.5 Å². The molecule has 2 aromatic rings. The monoisotopic (exact) mass is 377 g/mol. The first-order chi connectivity index (χ1) is 13.6. The molecule has 0 N–H and O–H groups in total. The average molecular weight is 377 g/mol. The molecule has 1 aliphatic rings. The van der Waals surface area contributed by atoms with E-state index in [2.05, 4.69) is 0 Å². The summed E-state index contributed by atoms with van der Waals surface area (Å²) in [6.45, 7) is 4.52. The molecule has 0 saturated heterocycles. The third kappa shape index (κ3) is 3.83. The van der Waals surface area contributed by atoms with Gasteiger partial charge in [-0.05, 0) is 31.6 Å². The number of rotatable bonds is 6. The topological polar surface area (TPSA) is 55.8 Å². The summed E-state index contributed by atoms with van der Waals surface area (Å²) in [5.74, 6) is -0.0857. The molecule has 1 heterocycles. The molecule has 0 unspecified atom stereocenters. The van der Waals surface area contributed by atoms with Crippen LogP contribution in [0, 0.1) is 0 Å². The molecule has 0 saturated carbocycles. The highest BCUT2D eigenvalue weighted by Gasteiger charge is 2.36. The number of allylic oxidation sites excluding steroid dienone is 1. The number of hydrogen-bond donors (Lipinski definition) is 0. The Labute approximate surface area is 164 Å². The fourth-order valence-corrected chi connectivity index (χ4v) is 3.23. The second-order valence-electron chi connectivity index (χ2n) is 6.37. The summed E-state index contributed by atoms with van der Waals surface area (Å²) in [6.07, 6.45) is 1.70. The quantitative estimate of drug-likeness (QED) is 0.565. The molecule has 0 bridgehead atoms. The van der Waals surface area contributed by atoms with Gasteiger partial charge in [-0.2, -0.15) is 0 Å². The molecule has 0 radical (unpaired) electrons. The number of likely N-dealkylation sites (N-methyl/N-ethyl adjacent to an activating group) is 1. The van der Waals surface area contributed by atoms with E-state index in [9.17, 15) is 9.59 Å². The fourth-order valence-electron chi connectivity index (χ4n) is 3.23. The minimum Gasteiger partial charge on any atom is -0.488 e. The first-order valence-electron chi connectivity index (χ1n) is 9.15. The van der Waals surface area contributed by atoms with E-state index in [-0.39, 0.29) is 5.91 Å². The van der Waals surface area contributed by atoms with Crippen LogP contribution in [0.1, 0.15) is 25.0 Å². The Balaban J connectivity index is 1.96. The van der Waals surface area contributed by atoms with E-state index in [4.69, 9.17) is 9.47 Å². The van der Waals surface area contributed by atoms with Gasteiger partial charge in [0.15, 0.2) is 0 Å². The van der Waals surface area contributed by atoms with E-state index in [1.165, 1.54) is 7.11 Å². The van der Waals surface area contributed by atoms with Crippen LogP contribution in [-0.4, -0.2) is 30.4 Å². The Bertz CT molecular complexity index is 944. The molecule has 0 fully saturated rings. The van der Waals surface area contributed by atoms with Crippen molar-refractivity contribution in [3.63, 3.8) is 0 Å². The number of benzene rings is 2. The van der Waals surface area contributed by atoms with Crippen LogP contribution in [0.2, 0.25) is 0 Å². The van der Waals surface area contributed by atoms with Crippen LogP contribution in [0.25, 0.3) is 6.08 Å². The van der Waals surface area contributed by atoms with E-state index in [0.717, 1.165) is 11.1 Å². The van der Waals surface area contributed by atoms with Gasteiger partial charge in [0, 0.05) is 17.8 Å². The third-order valence-electron chi connectivity index (χ3n) is 4.67. The van der Waals surface area contributed by atoms with Gasteiger partial charge in [-0.25, -0.2) is 4.79 Å². The van der Waals surface area contributed by atoms with E-state index >= 15 is 0 Å². The summed E-state index contributed by atoms with van der Waals surface area (Å²) in [5.41, 5.74) is 3.00. The smallest absolute Gasteiger partial charge is 0.340 e. The maximum atomic E-state index is 12.8. The van der Waals surface area contributed by atoms with Crippen LogP contribution in [0.15, 0.2) is 71.4 Å². The van der Waals surface area contributed by atoms with Gasteiger partial charge >= 0.3 is 5.97 Å². The number of esters is 1. The zero-order valence-electron chi connectivity index (χ0n) is 16.3. The van der Waals surface area contributed by atoms with Crippen molar-refractivity contribution in [2.24, 2.45) is 0 Å². The highest BCUT2D eigenvalue weighted by molar-refractivity contribution is 6.16. The number of para-hydroxylation sites is 1. The Morgan fingerprint density at radius 2 is 1.75 bits per heavy atom. The normalized spacial score (nSPS) is 15.3. The molecule has 1 amide bonds. The van der Waals surface area contributed by atoms with Gasteiger partial charge in [0.1, 0.15) is 12.4 Å². The first-order valence-corrected chi connectivity index (χ1v) is 9.15. The summed E-state index contributed by atoms with van der Waals surface area (Å²) in [4.78, 5) is 26.7. The molecule has 5 heteroatoms. The zero-order chi connectivity index (χ0) is 20.1. The minimum absolute atomic E-state index is 0.210. The first kappa shape index (κ1) is 19.4. The lowest BCUT2D eigenvalue weighted by molar-refractivity contribution is -0.136. The molecule has 144 valence electrons. The van der Waals surface area contributed by atoms with Crippen molar-refractivity contribution in [3.8, 4) is 5.75 Å². The molecular formula is C23H23NO4. The standard InChI is InChI=1S/C23H23NO4/c1-4-24-16(2)21(23(26)27-3)19(22(24)25)14-18-12-8-9-13-20(18)28-15-17-10-6-5-7-11-17/h5-14H,4,15H2,1-3H3/b19-14-. The molecular weight excluding hydrogens is 354 g/mol. The summed E-state index contributed by atoms with van der Waals surface area (Å²) in [7, 11) is 1.32. The largest absolute Gasteiger partial charge is 0.488 e. The van der Waals surface area contributed by atoms with Gasteiger partial charge in [-0.15, -0.1) is 0 Å². The van der Waals surface area contributed by atoms with Gasteiger partial charge in [-0.3, -0.25) is 4.79 Å². The van der Waals surface area contributed by atoms with Crippen LogP contribution in [0.3, 0.4) is 0 Å².